The highest BCUT2D eigenvalue weighted by atomic mass is 127. The molecule has 0 aliphatic heterocycles. The Labute approximate surface area is 95.8 Å². The lowest BCUT2D eigenvalue weighted by Crippen LogP contribution is -2.18. The quantitative estimate of drug-likeness (QED) is 0.472. The van der Waals surface area contributed by atoms with E-state index in [-0.39, 0.29) is 0 Å². The van der Waals surface area contributed by atoms with Gasteiger partial charge in [-0.2, -0.15) is 0 Å². The molecule has 0 saturated heterocycles. The van der Waals surface area contributed by atoms with Crippen molar-refractivity contribution in [1.29, 1.82) is 0 Å². The molecule has 1 N–H and O–H groups in total. The van der Waals surface area contributed by atoms with Crippen LogP contribution in [-0.2, 0) is 0 Å². The van der Waals surface area contributed by atoms with Crippen LogP contribution in [0.3, 0.4) is 0 Å². The molecule has 1 unspecified atom stereocenters. The molecule has 0 aromatic carbocycles. The number of rotatable bonds is 2. The number of halogens is 1. The van der Waals surface area contributed by atoms with Crippen molar-refractivity contribution in [1.82, 2.24) is 0 Å². The minimum absolute atomic E-state index is 0.488. The van der Waals surface area contributed by atoms with Crippen LogP contribution in [-0.4, -0.2) is 19.3 Å². The molecular weight excluding hydrogens is 291 g/mol. The number of hydrogen-bond acceptors (Lipinski definition) is 1. The second-order valence-electron chi connectivity index (χ2n) is 4.19. The first-order valence-corrected chi connectivity index (χ1v) is 9.06. The normalized spacial score (nSPS) is 14.8. The first-order chi connectivity index (χ1) is 5.85. The van der Waals surface area contributed by atoms with Gasteiger partial charge < -0.3 is 5.11 Å². The molecule has 0 heterocycles. The van der Waals surface area contributed by atoms with E-state index in [4.69, 9.17) is 0 Å². The molecule has 0 rings (SSSR count). The van der Waals surface area contributed by atoms with Crippen LogP contribution >= 0.6 is 22.6 Å². The Morgan fingerprint density at radius 1 is 1.54 bits per heavy atom. The summed E-state index contributed by atoms with van der Waals surface area (Å²) < 4.78 is 1.98. The van der Waals surface area contributed by atoms with Gasteiger partial charge in [-0.1, -0.05) is 53.7 Å². The van der Waals surface area contributed by atoms with Crippen LogP contribution in [0.1, 0.15) is 13.3 Å². The fourth-order valence-corrected chi connectivity index (χ4v) is 1.55. The van der Waals surface area contributed by atoms with Gasteiger partial charge in [0.2, 0.25) is 0 Å². The number of hydrogen-bond donors (Lipinski definition) is 1. The highest BCUT2D eigenvalue weighted by molar-refractivity contribution is 14.1. The standard InChI is InChI=1S/C10H17IOSi/c1-9(8-11)7-10(12)5-6-13(2,3)4/h8,10,12H,7H2,1-4H3. The predicted molar refractivity (Wildman–Crippen MR) is 69.5 cm³/mol. The lowest BCUT2D eigenvalue weighted by atomic mass is 10.2. The molecule has 74 valence electrons. The van der Waals surface area contributed by atoms with E-state index in [1.165, 1.54) is 5.57 Å². The zero-order valence-corrected chi connectivity index (χ0v) is 11.8. The molecule has 0 aromatic heterocycles. The van der Waals surface area contributed by atoms with Gasteiger partial charge in [0, 0.05) is 6.42 Å². The van der Waals surface area contributed by atoms with Crippen molar-refractivity contribution in [3.8, 4) is 11.5 Å². The highest BCUT2D eigenvalue weighted by Gasteiger charge is 2.08. The summed E-state index contributed by atoms with van der Waals surface area (Å²) >= 11 is 2.18. The van der Waals surface area contributed by atoms with E-state index in [2.05, 4.69) is 53.7 Å². The molecule has 1 atom stereocenters. The topological polar surface area (TPSA) is 20.2 Å². The van der Waals surface area contributed by atoms with Crippen LogP contribution < -0.4 is 0 Å². The second kappa shape index (κ2) is 5.84. The molecular formula is C10H17IOSi. The van der Waals surface area contributed by atoms with Crippen molar-refractivity contribution in [3.05, 3.63) is 9.66 Å². The Morgan fingerprint density at radius 2 is 2.08 bits per heavy atom. The Kier molecular flexibility index (Phi) is 5.93. The molecule has 0 aliphatic carbocycles. The van der Waals surface area contributed by atoms with Gasteiger partial charge in [-0.3, -0.25) is 0 Å². The second-order valence-corrected chi connectivity index (χ2v) is 9.57. The van der Waals surface area contributed by atoms with Crippen molar-refractivity contribution in [2.45, 2.75) is 39.1 Å². The summed E-state index contributed by atoms with van der Waals surface area (Å²) in [6, 6.07) is 0. The molecule has 0 aromatic rings. The van der Waals surface area contributed by atoms with Gasteiger partial charge in [0.05, 0.1) is 0 Å². The molecule has 0 bridgehead atoms. The summed E-state index contributed by atoms with van der Waals surface area (Å²) in [4.78, 5) is 0. The van der Waals surface area contributed by atoms with Gasteiger partial charge >= 0.3 is 0 Å². The summed E-state index contributed by atoms with van der Waals surface area (Å²) in [5.41, 5.74) is 4.34. The van der Waals surface area contributed by atoms with Crippen LogP contribution in [0, 0.1) is 11.5 Å². The third-order valence-electron chi connectivity index (χ3n) is 1.32. The summed E-state index contributed by atoms with van der Waals surface area (Å²) in [7, 11) is -1.32. The van der Waals surface area contributed by atoms with E-state index in [0.717, 1.165) is 0 Å². The Hall–Kier alpha value is 0.207. The van der Waals surface area contributed by atoms with Crippen LogP contribution in [0.25, 0.3) is 0 Å². The van der Waals surface area contributed by atoms with Crippen LogP contribution in [0.5, 0.6) is 0 Å². The van der Waals surface area contributed by atoms with E-state index in [1.54, 1.807) is 0 Å². The summed E-state index contributed by atoms with van der Waals surface area (Å²) in [6.45, 7) is 8.53. The minimum atomic E-state index is -1.32. The van der Waals surface area contributed by atoms with Gasteiger partial charge in [-0.25, -0.2) is 0 Å². The monoisotopic (exact) mass is 308 g/mol. The van der Waals surface area contributed by atoms with Crippen molar-refractivity contribution < 1.29 is 5.11 Å². The van der Waals surface area contributed by atoms with Gasteiger partial charge in [0.1, 0.15) is 14.2 Å². The lowest BCUT2D eigenvalue weighted by Gasteiger charge is -2.06. The maximum atomic E-state index is 9.52. The largest absolute Gasteiger partial charge is 0.380 e. The van der Waals surface area contributed by atoms with E-state index in [9.17, 15) is 5.11 Å². The first kappa shape index (κ1) is 13.2. The Bertz CT molecular complexity index is 242. The first-order valence-electron chi connectivity index (χ1n) is 4.32. The van der Waals surface area contributed by atoms with E-state index < -0.39 is 14.2 Å². The van der Waals surface area contributed by atoms with Crippen LogP contribution in [0.2, 0.25) is 19.6 Å². The minimum Gasteiger partial charge on any atom is -0.380 e. The maximum Gasteiger partial charge on any atom is 0.129 e. The van der Waals surface area contributed by atoms with Crippen molar-refractivity contribution >= 4 is 30.7 Å². The Balaban J connectivity index is 4.13. The predicted octanol–water partition coefficient (Wildman–Crippen LogP) is 2.96. The van der Waals surface area contributed by atoms with E-state index in [1.807, 2.05) is 11.0 Å². The van der Waals surface area contributed by atoms with E-state index in [0.29, 0.717) is 6.42 Å². The maximum absolute atomic E-state index is 9.52. The SMILES string of the molecule is CC(=CI)CC(O)C#C[Si](C)(C)C. The molecule has 0 saturated carbocycles. The number of aliphatic hydroxyl groups is 1. The third-order valence-corrected chi connectivity index (χ3v) is 3.27. The third kappa shape index (κ3) is 8.53. The Morgan fingerprint density at radius 3 is 2.46 bits per heavy atom. The molecule has 13 heavy (non-hydrogen) atoms. The van der Waals surface area contributed by atoms with Gasteiger partial charge in [-0.05, 0) is 11.0 Å². The van der Waals surface area contributed by atoms with Gasteiger partial charge in [0.15, 0.2) is 0 Å². The zero-order valence-electron chi connectivity index (χ0n) is 8.69. The smallest absolute Gasteiger partial charge is 0.129 e. The van der Waals surface area contributed by atoms with Crippen molar-refractivity contribution in [2.24, 2.45) is 0 Å². The molecule has 0 spiro atoms. The molecule has 1 nitrogen and oxygen atoms in total. The van der Waals surface area contributed by atoms with Crippen LogP contribution in [0.4, 0.5) is 0 Å². The fraction of sp³-hybridized carbons (Fsp3) is 0.600. The highest BCUT2D eigenvalue weighted by Crippen LogP contribution is 2.07. The average molecular weight is 308 g/mol. The van der Waals surface area contributed by atoms with Crippen molar-refractivity contribution in [2.75, 3.05) is 0 Å². The molecule has 0 aliphatic rings. The number of aliphatic hydroxyl groups excluding tert-OH is 1. The molecule has 0 amide bonds. The zero-order chi connectivity index (χ0) is 10.5. The molecule has 0 radical (unpaired) electrons. The lowest BCUT2D eigenvalue weighted by molar-refractivity contribution is 0.233. The molecule has 0 fully saturated rings. The van der Waals surface area contributed by atoms with Crippen molar-refractivity contribution in [3.63, 3.8) is 0 Å². The summed E-state index contributed by atoms with van der Waals surface area (Å²) in [5.74, 6) is 2.91. The van der Waals surface area contributed by atoms with Gasteiger partial charge in [-0.15, -0.1) is 5.54 Å². The average Bonchev–Trinajstić information content (AvgIpc) is 1.99. The van der Waals surface area contributed by atoms with E-state index >= 15 is 0 Å². The van der Waals surface area contributed by atoms with Gasteiger partial charge in [0.25, 0.3) is 0 Å². The molecule has 3 heteroatoms. The fourth-order valence-electron chi connectivity index (χ4n) is 0.700. The summed E-state index contributed by atoms with van der Waals surface area (Å²) in [6.07, 6.45) is 0.179. The summed E-state index contributed by atoms with van der Waals surface area (Å²) in [5, 5.41) is 9.52. The van der Waals surface area contributed by atoms with Crippen LogP contribution in [0.15, 0.2) is 9.66 Å².